The maximum atomic E-state index is 13.8. The summed E-state index contributed by atoms with van der Waals surface area (Å²) >= 11 is 6.02. The maximum absolute atomic E-state index is 13.8. The third-order valence-electron chi connectivity index (χ3n) is 4.81. The summed E-state index contributed by atoms with van der Waals surface area (Å²) in [4.78, 5) is 19.9. The number of hydrogen-bond donors (Lipinski definition) is 3. The van der Waals surface area contributed by atoms with Crippen LogP contribution < -0.4 is 16.4 Å². The monoisotopic (exact) mass is 385 g/mol. The lowest BCUT2D eigenvalue weighted by molar-refractivity contribution is 0.100. The molecule has 1 unspecified atom stereocenters. The van der Waals surface area contributed by atoms with Gasteiger partial charge in [-0.25, -0.2) is 14.4 Å². The van der Waals surface area contributed by atoms with Crippen LogP contribution >= 0.6 is 11.6 Å². The Morgan fingerprint density at radius 2 is 2.15 bits per heavy atom. The van der Waals surface area contributed by atoms with E-state index in [2.05, 4.69) is 20.6 Å². The molecule has 3 aromatic rings. The number of aromatic nitrogens is 2. The van der Waals surface area contributed by atoms with Gasteiger partial charge in [0.1, 0.15) is 12.1 Å². The van der Waals surface area contributed by atoms with Crippen molar-refractivity contribution in [3.8, 4) is 0 Å². The highest BCUT2D eigenvalue weighted by atomic mass is 35.5. The third-order valence-corrected chi connectivity index (χ3v) is 5.03. The summed E-state index contributed by atoms with van der Waals surface area (Å²) in [5.41, 5.74) is 7.90. The van der Waals surface area contributed by atoms with Crippen LogP contribution in [0.2, 0.25) is 5.02 Å². The molecule has 1 amide bonds. The van der Waals surface area contributed by atoms with Crippen molar-refractivity contribution in [3.05, 3.63) is 64.8 Å². The van der Waals surface area contributed by atoms with Gasteiger partial charge < -0.3 is 16.4 Å². The number of benzene rings is 2. The average Bonchev–Trinajstić information content (AvgIpc) is 3.09. The molecule has 0 bridgehead atoms. The normalized spacial score (nSPS) is 19.3. The molecule has 4 rings (SSSR count). The first kappa shape index (κ1) is 17.6. The number of rotatable bonds is 4. The van der Waals surface area contributed by atoms with Gasteiger partial charge in [0.2, 0.25) is 0 Å². The first-order valence-electron chi connectivity index (χ1n) is 8.48. The zero-order valence-corrected chi connectivity index (χ0v) is 15.0. The Hall–Kier alpha value is -2.77. The van der Waals surface area contributed by atoms with Crippen molar-refractivity contribution in [3.63, 3.8) is 0 Å². The molecule has 8 heteroatoms. The molecule has 2 atom stereocenters. The van der Waals surface area contributed by atoms with Crippen molar-refractivity contribution in [2.24, 2.45) is 5.73 Å². The van der Waals surface area contributed by atoms with Crippen LogP contribution in [0.3, 0.4) is 0 Å². The number of amides is 1. The summed E-state index contributed by atoms with van der Waals surface area (Å²) in [5.74, 6) is -0.860. The number of halogens is 2. The molecule has 1 aromatic heterocycles. The highest BCUT2D eigenvalue weighted by molar-refractivity contribution is 6.30. The molecule has 1 aliphatic rings. The van der Waals surface area contributed by atoms with Gasteiger partial charge >= 0.3 is 0 Å². The molecule has 0 saturated carbocycles. The molecule has 1 fully saturated rings. The maximum Gasteiger partial charge on any atom is 0.250 e. The SMILES string of the molecule is NC(=O)c1ccc(NC2CNC[C@@H]2c2cc(F)cc(Cl)c2)c2cncnc12. The van der Waals surface area contributed by atoms with Gasteiger partial charge in [0.25, 0.3) is 5.91 Å². The van der Waals surface area contributed by atoms with Crippen LogP contribution in [0.1, 0.15) is 21.8 Å². The second kappa shape index (κ2) is 7.09. The van der Waals surface area contributed by atoms with Crippen LogP contribution in [-0.2, 0) is 0 Å². The number of primary amides is 1. The molecule has 27 heavy (non-hydrogen) atoms. The van der Waals surface area contributed by atoms with E-state index in [-0.39, 0.29) is 17.8 Å². The minimum absolute atomic E-state index is 0.00528. The smallest absolute Gasteiger partial charge is 0.250 e. The summed E-state index contributed by atoms with van der Waals surface area (Å²) in [5, 5.41) is 7.88. The molecule has 2 heterocycles. The van der Waals surface area contributed by atoms with Crippen molar-refractivity contribution in [2.45, 2.75) is 12.0 Å². The molecule has 1 aliphatic heterocycles. The van der Waals surface area contributed by atoms with Crippen molar-refractivity contribution in [1.29, 1.82) is 0 Å². The molecule has 4 N–H and O–H groups in total. The standard InChI is InChI=1S/C19H17ClFN5O/c20-11-3-10(4-12(21)5-11)14-6-23-8-17(14)26-16-2-1-13(19(22)27)18-15(16)7-24-9-25-18/h1-5,7,9,14,17,23,26H,6,8H2,(H2,22,27)/t14-,17?/m1/s1. The predicted molar refractivity (Wildman–Crippen MR) is 102 cm³/mol. The zero-order chi connectivity index (χ0) is 19.0. The fraction of sp³-hybridized carbons (Fsp3) is 0.211. The lowest BCUT2D eigenvalue weighted by atomic mass is 9.93. The molecule has 138 valence electrons. The number of anilines is 1. The van der Waals surface area contributed by atoms with Crippen molar-refractivity contribution < 1.29 is 9.18 Å². The summed E-state index contributed by atoms with van der Waals surface area (Å²) < 4.78 is 13.8. The summed E-state index contributed by atoms with van der Waals surface area (Å²) in [6, 6.07) is 8.04. The topological polar surface area (TPSA) is 92.9 Å². The average molecular weight is 386 g/mol. The van der Waals surface area contributed by atoms with E-state index in [1.807, 2.05) is 0 Å². The lowest BCUT2D eigenvalue weighted by Gasteiger charge is -2.23. The number of carbonyl (C=O) groups excluding carboxylic acids is 1. The van der Waals surface area contributed by atoms with E-state index >= 15 is 0 Å². The molecule has 6 nitrogen and oxygen atoms in total. The van der Waals surface area contributed by atoms with Crippen LogP contribution in [0, 0.1) is 5.82 Å². The second-order valence-electron chi connectivity index (χ2n) is 6.53. The van der Waals surface area contributed by atoms with Crippen molar-refractivity contribution in [2.75, 3.05) is 18.4 Å². The van der Waals surface area contributed by atoms with E-state index in [0.717, 1.165) is 11.3 Å². The third kappa shape index (κ3) is 3.43. The van der Waals surface area contributed by atoms with E-state index in [9.17, 15) is 9.18 Å². The van der Waals surface area contributed by atoms with E-state index in [1.165, 1.54) is 18.5 Å². The molecule has 1 saturated heterocycles. The molecule has 2 aromatic carbocycles. The Morgan fingerprint density at radius 3 is 2.93 bits per heavy atom. The quantitative estimate of drug-likeness (QED) is 0.642. The first-order chi connectivity index (χ1) is 13.0. The van der Waals surface area contributed by atoms with Gasteiger partial charge in [-0.2, -0.15) is 0 Å². The van der Waals surface area contributed by atoms with Gasteiger partial charge in [-0.05, 0) is 35.9 Å². The highest BCUT2D eigenvalue weighted by Gasteiger charge is 2.29. The molecular formula is C19H17ClFN5O. The molecule has 0 spiro atoms. The molecule has 0 radical (unpaired) electrons. The number of carbonyl (C=O) groups is 1. The van der Waals surface area contributed by atoms with E-state index < -0.39 is 5.91 Å². The van der Waals surface area contributed by atoms with Gasteiger partial charge in [0.15, 0.2) is 0 Å². The molecular weight excluding hydrogens is 369 g/mol. The largest absolute Gasteiger partial charge is 0.380 e. The Kier molecular flexibility index (Phi) is 4.63. The van der Waals surface area contributed by atoms with Crippen molar-refractivity contribution in [1.82, 2.24) is 15.3 Å². The number of nitrogens with two attached hydrogens (primary N) is 1. The van der Waals surface area contributed by atoms with Crippen LogP contribution in [0.4, 0.5) is 10.1 Å². The first-order valence-corrected chi connectivity index (χ1v) is 8.86. The van der Waals surface area contributed by atoms with Gasteiger partial charge in [-0.1, -0.05) is 11.6 Å². The van der Waals surface area contributed by atoms with Crippen LogP contribution in [0.5, 0.6) is 0 Å². The predicted octanol–water partition coefficient (Wildman–Crippen LogP) is 2.69. The summed E-state index contributed by atoms with van der Waals surface area (Å²) in [6.07, 6.45) is 3.03. The Bertz CT molecular complexity index is 1010. The number of nitrogens with zero attached hydrogens (tertiary/aromatic N) is 2. The highest BCUT2D eigenvalue weighted by Crippen LogP contribution is 2.31. The van der Waals surface area contributed by atoms with Gasteiger partial charge in [0.05, 0.1) is 11.1 Å². The van der Waals surface area contributed by atoms with Crippen molar-refractivity contribution >= 4 is 34.1 Å². The second-order valence-corrected chi connectivity index (χ2v) is 6.96. The van der Waals surface area contributed by atoms with Gasteiger partial charge in [-0.15, -0.1) is 0 Å². The van der Waals surface area contributed by atoms with Crippen LogP contribution in [0.15, 0.2) is 42.9 Å². The van der Waals surface area contributed by atoms with Crippen LogP contribution in [-0.4, -0.2) is 35.0 Å². The summed E-state index contributed by atoms with van der Waals surface area (Å²) in [7, 11) is 0. The minimum atomic E-state index is -0.542. The zero-order valence-electron chi connectivity index (χ0n) is 14.2. The number of hydrogen-bond acceptors (Lipinski definition) is 5. The molecule has 0 aliphatic carbocycles. The Morgan fingerprint density at radius 1 is 1.30 bits per heavy atom. The summed E-state index contributed by atoms with van der Waals surface area (Å²) in [6.45, 7) is 1.40. The Labute approximate surface area is 159 Å². The Balaban J connectivity index is 1.69. The number of nitrogens with one attached hydrogen (secondary N) is 2. The lowest BCUT2D eigenvalue weighted by Crippen LogP contribution is -2.27. The van der Waals surface area contributed by atoms with E-state index in [1.54, 1.807) is 24.4 Å². The fourth-order valence-electron chi connectivity index (χ4n) is 3.57. The van der Waals surface area contributed by atoms with E-state index in [4.69, 9.17) is 17.3 Å². The van der Waals surface area contributed by atoms with Gasteiger partial charge in [-0.3, -0.25) is 4.79 Å². The van der Waals surface area contributed by atoms with E-state index in [0.29, 0.717) is 34.6 Å². The minimum Gasteiger partial charge on any atom is -0.380 e. The van der Waals surface area contributed by atoms with Gasteiger partial charge in [0, 0.05) is 47.3 Å². The number of fused-ring (bicyclic) bond motifs is 1. The fourth-order valence-corrected chi connectivity index (χ4v) is 3.80. The van der Waals surface area contributed by atoms with Crippen LogP contribution in [0.25, 0.3) is 10.9 Å².